The van der Waals surface area contributed by atoms with Crippen LogP contribution in [0.2, 0.25) is 0 Å². The van der Waals surface area contributed by atoms with Crippen LogP contribution in [0.5, 0.6) is 0 Å². The molecule has 2 aromatic rings. The first kappa shape index (κ1) is 12.8. The molecule has 1 amide bonds. The Morgan fingerprint density at radius 1 is 1.43 bits per heavy atom. The van der Waals surface area contributed by atoms with Gasteiger partial charge in [-0.15, -0.1) is 0 Å². The second-order valence-corrected chi connectivity index (χ2v) is 6.39. The molecule has 0 bridgehead atoms. The molecule has 0 radical (unpaired) electrons. The summed E-state index contributed by atoms with van der Waals surface area (Å²) < 4.78 is 6.03. The van der Waals surface area contributed by atoms with Crippen LogP contribution < -0.4 is 10.2 Å². The molecule has 4 rings (SSSR count). The number of hydrogen-bond donors (Lipinski definition) is 1. The van der Waals surface area contributed by atoms with E-state index in [1.807, 2.05) is 0 Å². The third kappa shape index (κ3) is 2.51. The second kappa shape index (κ2) is 4.80. The van der Waals surface area contributed by atoms with Gasteiger partial charge in [0.15, 0.2) is 0 Å². The predicted molar refractivity (Wildman–Crippen MR) is 78.6 cm³/mol. The molecule has 2 aliphatic rings. The maximum Gasteiger partial charge on any atom is 0.272 e. The topological polar surface area (TPSA) is 75.9 Å². The zero-order chi connectivity index (χ0) is 14.4. The quantitative estimate of drug-likeness (QED) is 0.903. The summed E-state index contributed by atoms with van der Waals surface area (Å²) in [6, 6.07) is 1.88. The zero-order valence-electron chi connectivity index (χ0n) is 11.7. The van der Waals surface area contributed by atoms with Crippen LogP contribution in [0.1, 0.15) is 35.1 Å². The van der Waals surface area contributed by atoms with Crippen LogP contribution in [0.3, 0.4) is 0 Å². The Balaban J connectivity index is 1.31. The Morgan fingerprint density at radius 2 is 2.24 bits per heavy atom. The van der Waals surface area contributed by atoms with E-state index >= 15 is 0 Å². The second-order valence-electron chi connectivity index (χ2n) is 5.66. The number of aryl methyl sites for hydroxylation is 1. The standard InChI is InChI=1S/C13H16N6OS/c1-18-5-4-10(16-18)12(20)14-9-6-19(7-9)13-15-11(17-21-13)8-2-3-8/h4-5,8-9H,2-3,6-7H2,1H3,(H,14,20). The van der Waals surface area contributed by atoms with Crippen molar-refractivity contribution in [3.05, 3.63) is 23.8 Å². The van der Waals surface area contributed by atoms with E-state index in [1.54, 1.807) is 24.0 Å². The van der Waals surface area contributed by atoms with E-state index in [4.69, 9.17) is 0 Å². The molecule has 1 N–H and O–H groups in total. The van der Waals surface area contributed by atoms with Crippen molar-refractivity contribution in [1.29, 1.82) is 0 Å². The minimum atomic E-state index is -0.115. The Morgan fingerprint density at radius 3 is 2.90 bits per heavy atom. The fourth-order valence-corrected chi connectivity index (χ4v) is 3.15. The zero-order valence-corrected chi connectivity index (χ0v) is 12.5. The average Bonchev–Trinajstić information content (AvgIpc) is 3.00. The lowest BCUT2D eigenvalue weighted by Gasteiger charge is -2.38. The van der Waals surface area contributed by atoms with E-state index in [0.717, 1.165) is 24.0 Å². The molecule has 2 fully saturated rings. The van der Waals surface area contributed by atoms with E-state index in [2.05, 4.69) is 24.7 Å². The lowest BCUT2D eigenvalue weighted by molar-refractivity contribution is 0.0924. The molecular weight excluding hydrogens is 288 g/mol. The molecule has 110 valence electrons. The first-order valence-electron chi connectivity index (χ1n) is 7.08. The maximum absolute atomic E-state index is 12.0. The van der Waals surface area contributed by atoms with Gasteiger partial charge in [-0.2, -0.15) is 9.47 Å². The average molecular weight is 304 g/mol. The minimum absolute atomic E-state index is 0.115. The van der Waals surface area contributed by atoms with E-state index < -0.39 is 0 Å². The van der Waals surface area contributed by atoms with E-state index in [1.165, 1.54) is 24.4 Å². The highest BCUT2D eigenvalue weighted by Crippen LogP contribution is 2.40. The van der Waals surface area contributed by atoms with Crippen molar-refractivity contribution in [2.45, 2.75) is 24.8 Å². The van der Waals surface area contributed by atoms with Gasteiger partial charge in [0.1, 0.15) is 11.5 Å². The minimum Gasteiger partial charge on any atom is -0.344 e. The van der Waals surface area contributed by atoms with Crippen LogP contribution in [-0.4, -0.2) is 44.2 Å². The van der Waals surface area contributed by atoms with Crippen molar-refractivity contribution in [1.82, 2.24) is 24.5 Å². The van der Waals surface area contributed by atoms with Crippen molar-refractivity contribution in [3.63, 3.8) is 0 Å². The third-order valence-electron chi connectivity index (χ3n) is 3.81. The van der Waals surface area contributed by atoms with Gasteiger partial charge in [0.05, 0.1) is 6.04 Å². The monoisotopic (exact) mass is 304 g/mol. The molecule has 21 heavy (non-hydrogen) atoms. The van der Waals surface area contributed by atoms with Crippen LogP contribution in [0.4, 0.5) is 5.13 Å². The highest BCUT2D eigenvalue weighted by atomic mass is 32.1. The van der Waals surface area contributed by atoms with E-state index in [-0.39, 0.29) is 11.9 Å². The van der Waals surface area contributed by atoms with Crippen molar-refractivity contribution < 1.29 is 4.79 Å². The summed E-state index contributed by atoms with van der Waals surface area (Å²) in [5.74, 6) is 1.48. The molecule has 1 saturated carbocycles. The van der Waals surface area contributed by atoms with E-state index in [9.17, 15) is 4.79 Å². The molecule has 0 unspecified atom stereocenters. The van der Waals surface area contributed by atoms with Gasteiger partial charge in [0.25, 0.3) is 5.91 Å². The number of carbonyl (C=O) groups excluding carboxylic acids is 1. The van der Waals surface area contributed by atoms with Gasteiger partial charge in [-0.3, -0.25) is 9.48 Å². The summed E-state index contributed by atoms with van der Waals surface area (Å²) in [6.07, 6.45) is 4.21. The lowest BCUT2D eigenvalue weighted by Crippen LogP contribution is -2.59. The number of nitrogens with one attached hydrogen (secondary N) is 1. The number of rotatable bonds is 4. The van der Waals surface area contributed by atoms with Gasteiger partial charge in [0, 0.05) is 43.8 Å². The molecule has 3 heterocycles. The molecule has 1 aliphatic heterocycles. The Kier molecular flexibility index (Phi) is 2.91. The van der Waals surface area contributed by atoms with Crippen LogP contribution >= 0.6 is 11.5 Å². The summed E-state index contributed by atoms with van der Waals surface area (Å²) in [6.45, 7) is 1.58. The fourth-order valence-electron chi connectivity index (χ4n) is 2.38. The summed E-state index contributed by atoms with van der Waals surface area (Å²) in [5, 5.41) is 8.06. The number of nitrogens with zero attached hydrogens (tertiary/aromatic N) is 5. The van der Waals surface area contributed by atoms with Gasteiger partial charge < -0.3 is 10.2 Å². The van der Waals surface area contributed by atoms with Gasteiger partial charge in [0.2, 0.25) is 5.13 Å². The van der Waals surface area contributed by atoms with Crippen molar-refractivity contribution in [2.75, 3.05) is 18.0 Å². The lowest BCUT2D eigenvalue weighted by atomic mass is 10.1. The SMILES string of the molecule is Cn1ccc(C(=O)NC2CN(c3nc(C4CC4)ns3)C2)n1. The summed E-state index contributed by atoms with van der Waals surface area (Å²) in [5.41, 5.74) is 0.461. The Bertz CT molecular complexity index is 670. The van der Waals surface area contributed by atoms with Crippen LogP contribution in [-0.2, 0) is 7.05 Å². The highest BCUT2D eigenvalue weighted by Gasteiger charge is 2.33. The first-order chi connectivity index (χ1) is 10.2. The van der Waals surface area contributed by atoms with Gasteiger partial charge in [-0.1, -0.05) is 0 Å². The van der Waals surface area contributed by atoms with Gasteiger partial charge in [-0.05, 0) is 18.9 Å². The Hall–Kier alpha value is -1.96. The molecule has 1 aliphatic carbocycles. The van der Waals surface area contributed by atoms with E-state index in [0.29, 0.717) is 11.6 Å². The van der Waals surface area contributed by atoms with Crippen molar-refractivity contribution in [2.24, 2.45) is 7.05 Å². The van der Waals surface area contributed by atoms with Gasteiger partial charge in [-0.25, -0.2) is 4.98 Å². The number of aromatic nitrogens is 4. The number of amides is 1. The fraction of sp³-hybridized carbons (Fsp3) is 0.538. The summed E-state index contributed by atoms with van der Waals surface area (Å²) in [7, 11) is 1.80. The first-order valence-corrected chi connectivity index (χ1v) is 7.85. The van der Waals surface area contributed by atoms with Crippen LogP contribution in [0.15, 0.2) is 12.3 Å². The summed E-state index contributed by atoms with van der Waals surface area (Å²) >= 11 is 1.46. The summed E-state index contributed by atoms with van der Waals surface area (Å²) in [4.78, 5) is 18.7. The molecule has 2 aromatic heterocycles. The third-order valence-corrected chi connectivity index (χ3v) is 4.60. The van der Waals surface area contributed by atoms with Crippen LogP contribution in [0.25, 0.3) is 0 Å². The van der Waals surface area contributed by atoms with Crippen LogP contribution in [0, 0.1) is 0 Å². The molecule has 0 atom stereocenters. The van der Waals surface area contributed by atoms with Crippen molar-refractivity contribution in [3.8, 4) is 0 Å². The molecule has 1 saturated heterocycles. The normalized spacial score (nSPS) is 18.6. The number of anilines is 1. The maximum atomic E-state index is 12.0. The van der Waals surface area contributed by atoms with Gasteiger partial charge >= 0.3 is 0 Å². The number of hydrogen-bond acceptors (Lipinski definition) is 6. The number of carbonyl (C=O) groups is 1. The predicted octanol–water partition coefficient (Wildman–Crippen LogP) is 0.768. The molecule has 0 aromatic carbocycles. The Labute approximate surface area is 126 Å². The van der Waals surface area contributed by atoms with Crippen molar-refractivity contribution >= 4 is 22.6 Å². The molecule has 7 nitrogen and oxygen atoms in total. The molecule has 0 spiro atoms. The molecular formula is C13H16N6OS. The molecule has 8 heteroatoms. The highest BCUT2D eigenvalue weighted by molar-refractivity contribution is 7.09. The largest absolute Gasteiger partial charge is 0.344 e. The smallest absolute Gasteiger partial charge is 0.272 e.